The van der Waals surface area contributed by atoms with Gasteiger partial charge in [-0.3, -0.25) is 0 Å². The molecule has 5 nitrogen and oxygen atoms in total. The van der Waals surface area contributed by atoms with Gasteiger partial charge in [0.15, 0.2) is 11.5 Å². The molecular formula is C22H15FN4O. The van der Waals surface area contributed by atoms with Crippen molar-refractivity contribution in [2.45, 2.75) is 6.61 Å². The van der Waals surface area contributed by atoms with E-state index in [4.69, 9.17) is 4.74 Å². The van der Waals surface area contributed by atoms with Crippen molar-refractivity contribution in [3.8, 4) is 17.1 Å². The van der Waals surface area contributed by atoms with Gasteiger partial charge in [0.25, 0.3) is 0 Å². The van der Waals surface area contributed by atoms with E-state index < -0.39 is 0 Å². The van der Waals surface area contributed by atoms with E-state index in [2.05, 4.69) is 15.1 Å². The number of nitrogens with zero attached hydrogens (tertiary/aromatic N) is 4. The highest BCUT2D eigenvalue weighted by atomic mass is 19.1. The summed E-state index contributed by atoms with van der Waals surface area (Å²) < 4.78 is 20.3. The molecule has 0 aliphatic carbocycles. The summed E-state index contributed by atoms with van der Waals surface area (Å²) in [6.45, 7) is 0.402. The average Bonchev–Trinajstić information content (AvgIpc) is 3.19. The quantitative estimate of drug-likeness (QED) is 0.462. The van der Waals surface area contributed by atoms with Gasteiger partial charge < -0.3 is 4.74 Å². The molecule has 0 unspecified atom stereocenters. The van der Waals surface area contributed by atoms with Crippen molar-refractivity contribution in [1.29, 1.82) is 0 Å². The molecule has 0 bridgehead atoms. The van der Waals surface area contributed by atoms with E-state index in [0.717, 1.165) is 27.7 Å². The molecule has 2 heterocycles. The van der Waals surface area contributed by atoms with Crippen LogP contribution in [0.4, 0.5) is 4.39 Å². The predicted molar refractivity (Wildman–Crippen MR) is 104 cm³/mol. The first-order valence-corrected chi connectivity index (χ1v) is 8.84. The van der Waals surface area contributed by atoms with E-state index in [1.54, 1.807) is 23.0 Å². The lowest BCUT2D eigenvalue weighted by molar-refractivity contribution is 0.306. The van der Waals surface area contributed by atoms with E-state index in [-0.39, 0.29) is 5.82 Å². The molecule has 0 fully saturated rings. The third-order valence-corrected chi connectivity index (χ3v) is 4.51. The van der Waals surface area contributed by atoms with E-state index in [9.17, 15) is 4.39 Å². The minimum Gasteiger partial charge on any atom is -0.489 e. The van der Waals surface area contributed by atoms with Gasteiger partial charge in [-0.15, -0.1) is 5.10 Å². The van der Waals surface area contributed by atoms with Gasteiger partial charge in [-0.25, -0.2) is 18.9 Å². The Morgan fingerprint density at radius 3 is 2.50 bits per heavy atom. The lowest BCUT2D eigenvalue weighted by Gasteiger charge is -2.06. The summed E-state index contributed by atoms with van der Waals surface area (Å²) in [6, 6.07) is 21.7. The molecule has 136 valence electrons. The Labute approximate surface area is 160 Å². The zero-order valence-corrected chi connectivity index (χ0v) is 14.8. The third kappa shape index (κ3) is 3.05. The maximum Gasteiger partial charge on any atom is 0.182 e. The van der Waals surface area contributed by atoms with Crippen LogP contribution >= 0.6 is 0 Å². The van der Waals surface area contributed by atoms with Crippen LogP contribution in [0, 0.1) is 5.82 Å². The summed E-state index contributed by atoms with van der Waals surface area (Å²) >= 11 is 0. The van der Waals surface area contributed by atoms with Crippen LogP contribution in [0.15, 0.2) is 79.1 Å². The van der Waals surface area contributed by atoms with Crippen molar-refractivity contribution in [1.82, 2.24) is 19.6 Å². The van der Waals surface area contributed by atoms with Crippen LogP contribution in [-0.4, -0.2) is 19.6 Å². The molecule has 0 N–H and O–H groups in total. The Morgan fingerprint density at radius 1 is 0.893 bits per heavy atom. The Hall–Kier alpha value is -3.80. The molecule has 5 rings (SSSR count). The van der Waals surface area contributed by atoms with E-state index in [1.807, 2.05) is 48.5 Å². The van der Waals surface area contributed by atoms with Crippen LogP contribution in [0.5, 0.6) is 5.75 Å². The number of fused-ring (bicyclic) bond motifs is 3. The molecule has 0 amide bonds. The van der Waals surface area contributed by atoms with Crippen LogP contribution in [0.2, 0.25) is 0 Å². The van der Waals surface area contributed by atoms with Gasteiger partial charge in [0.05, 0.1) is 5.52 Å². The van der Waals surface area contributed by atoms with E-state index in [0.29, 0.717) is 18.2 Å². The summed E-state index contributed by atoms with van der Waals surface area (Å²) in [4.78, 5) is 9.10. The van der Waals surface area contributed by atoms with E-state index >= 15 is 0 Å². The number of rotatable bonds is 4. The normalized spacial score (nSPS) is 11.2. The van der Waals surface area contributed by atoms with E-state index in [1.165, 1.54) is 12.1 Å². The monoisotopic (exact) mass is 370 g/mol. The molecule has 0 aliphatic rings. The second-order valence-corrected chi connectivity index (χ2v) is 6.40. The molecule has 2 aromatic heterocycles. The smallest absolute Gasteiger partial charge is 0.182 e. The minimum absolute atomic E-state index is 0.278. The molecule has 0 atom stereocenters. The number of benzene rings is 3. The first-order chi connectivity index (χ1) is 13.8. The SMILES string of the molecule is Fc1ccc(OCc2ccc(-c3nc4c5ccccc5ncn4n3)cc2)cc1. The molecule has 5 aromatic rings. The lowest BCUT2D eigenvalue weighted by atomic mass is 10.1. The van der Waals surface area contributed by atoms with Gasteiger partial charge in [-0.2, -0.15) is 0 Å². The molecule has 0 saturated heterocycles. The van der Waals surface area contributed by atoms with Gasteiger partial charge in [-0.1, -0.05) is 36.4 Å². The minimum atomic E-state index is -0.278. The standard InChI is InChI=1S/C22H15FN4O/c23-17-9-11-18(12-10-17)28-13-15-5-7-16(8-6-15)21-25-22-19-3-1-2-4-20(19)24-14-27(22)26-21/h1-12,14H,13H2. The number of para-hydroxylation sites is 1. The molecule has 6 heteroatoms. The third-order valence-electron chi connectivity index (χ3n) is 4.51. The molecule has 28 heavy (non-hydrogen) atoms. The average molecular weight is 370 g/mol. The Morgan fingerprint density at radius 2 is 1.68 bits per heavy atom. The van der Waals surface area contributed by atoms with Gasteiger partial charge in [0, 0.05) is 10.9 Å². The zero-order chi connectivity index (χ0) is 18.9. The van der Waals surface area contributed by atoms with Gasteiger partial charge in [-0.05, 0) is 42.0 Å². The second-order valence-electron chi connectivity index (χ2n) is 6.40. The van der Waals surface area contributed by atoms with Gasteiger partial charge in [0.2, 0.25) is 0 Å². The largest absolute Gasteiger partial charge is 0.489 e. The molecule has 3 aromatic carbocycles. The Balaban J connectivity index is 1.39. The first-order valence-electron chi connectivity index (χ1n) is 8.84. The summed E-state index contributed by atoms with van der Waals surface area (Å²) in [5, 5.41) is 5.51. The van der Waals surface area contributed by atoms with Crippen LogP contribution in [0.25, 0.3) is 27.9 Å². The molecular weight excluding hydrogens is 355 g/mol. The maximum absolute atomic E-state index is 12.9. The van der Waals surface area contributed by atoms with Gasteiger partial charge in [0.1, 0.15) is 24.5 Å². The van der Waals surface area contributed by atoms with Crippen molar-refractivity contribution in [3.05, 3.63) is 90.5 Å². The van der Waals surface area contributed by atoms with Crippen LogP contribution in [0.3, 0.4) is 0 Å². The zero-order valence-electron chi connectivity index (χ0n) is 14.8. The maximum atomic E-state index is 12.9. The highest BCUT2D eigenvalue weighted by molar-refractivity contribution is 5.91. The second kappa shape index (κ2) is 6.74. The summed E-state index contributed by atoms with van der Waals surface area (Å²) in [5.41, 5.74) is 3.59. The van der Waals surface area contributed by atoms with Gasteiger partial charge >= 0.3 is 0 Å². The number of aromatic nitrogens is 4. The molecule has 0 saturated carbocycles. The lowest BCUT2D eigenvalue weighted by Crippen LogP contribution is -1.95. The van der Waals surface area contributed by atoms with Crippen LogP contribution < -0.4 is 4.74 Å². The molecule has 0 spiro atoms. The number of ether oxygens (including phenoxy) is 1. The highest BCUT2D eigenvalue weighted by Crippen LogP contribution is 2.22. The fourth-order valence-electron chi connectivity index (χ4n) is 3.05. The van der Waals surface area contributed by atoms with Crippen molar-refractivity contribution in [2.24, 2.45) is 0 Å². The van der Waals surface area contributed by atoms with Crippen LogP contribution in [-0.2, 0) is 6.61 Å². The number of hydrogen-bond acceptors (Lipinski definition) is 4. The number of hydrogen-bond donors (Lipinski definition) is 0. The highest BCUT2D eigenvalue weighted by Gasteiger charge is 2.10. The Kier molecular flexibility index (Phi) is 3.94. The van der Waals surface area contributed by atoms with Crippen molar-refractivity contribution in [3.63, 3.8) is 0 Å². The fourth-order valence-corrected chi connectivity index (χ4v) is 3.05. The summed E-state index contributed by atoms with van der Waals surface area (Å²) in [6.07, 6.45) is 1.68. The van der Waals surface area contributed by atoms with Crippen molar-refractivity contribution >= 4 is 16.6 Å². The first kappa shape index (κ1) is 16.4. The Bertz CT molecular complexity index is 1260. The summed E-state index contributed by atoms with van der Waals surface area (Å²) in [5.74, 6) is 0.996. The van der Waals surface area contributed by atoms with Crippen LogP contribution in [0.1, 0.15) is 5.56 Å². The fraction of sp³-hybridized carbons (Fsp3) is 0.0455. The predicted octanol–water partition coefficient (Wildman–Crippen LogP) is 4.66. The van der Waals surface area contributed by atoms with Crippen molar-refractivity contribution < 1.29 is 9.13 Å². The summed E-state index contributed by atoms with van der Waals surface area (Å²) in [7, 11) is 0. The molecule has 0 aliphatic heterocycles. The molecule has 0 radical (unpaired) electrons. The number of halogens is 1. The van der Waals surface area contributed by atoms with Crippen molar-refractivity contribution in [2.75, 3.05) is 0 Å². The topological polar surface area (TPSA) is 52.3 Å².